The molecule has 9 nitrogen and oxygen atoms in total. The summed E-state index contributed by atoms with van der Waals surface area (Å²) < 4.78 is 5.27. The van der Waals surface area contributed by atoms with E-state index in [-0.39, 0.29) is 18.9 Å². The SMILES string of the molecule is CC(C)C[C@H](NC(=O)[C@@H](Cc1ccccc1)NC(=O)OCc1ccccc1)C(=O)N[C@@H](C)C(=O)O. The molecule has 2 rings (SSSR count). The third-order valence-corrected chi connectivity index (χ3v) is 5.17. The van der Waals surface area contributed by atoms with E-state index < -0.39 is 42.0 Å². The van der Waals surface area contributed by atoms with Gasteiger partial charge in [-0.15, -0.1) is 0 Å². The van der Waals surface area contributed by atoms with E-state index in [1.54, 1.807) is 0 Å². The summed E-state index contributed by atoms with van der Waals surface area (Å²) in [5.74, 6) is -2.32. The number of carbonyl (C=O) groups excluding carboxylic acids is 3. The summed E-state index contributed by atoms with van der Waals surface area (Å²) in [4.78, 5) is 49.5. The Morgan fingerprint density at radius 2 is 1.31 bits per heavy atom. The van der Waals surface area contributed by atoms with Crippen LogP contribution >= 0.6 is 0 Å². The number of carboxylic acids is 1. The zero-order chi connectivity index (χ0) is 25.8. The normalized spacial score (nSPS) is 13.3. The van der Waals surface area contributed by atoms with Gasteiger partial charge in [0.15, 0.2) is 0 Å². The Balaban J connectivity index is 2.12. The lowest BCUT2D eigenvalue weighted by atomic mass is 10.0. The van der Waals surface area contributed by atoms with Crippen molar-refractivity contribution in [3.8, 4) is 0 Å². The number of aliphatic carboxylic acids is 1. The Morgan fingerprint density at radius 3 is 1.86 bits per heavy atom. The molecular weight excluding hydrogens is 450 g/mol. The van der Waals surface area contributed by atoms with E-state index in [0.29, 0.717) is 6.42 Å². The molecule has 0 aliphatic carbocycles. The van der Waals surface area contributed by atoms with E-state index in [2.05, 4.69) is 16.0 Å². The van der Waals surface area contributed by atoms with E-state index in [0.717, 1.165) is 11.1 Å². The Hall–Kier alpha value is -3.88. The Labute approximate surface area is 205 Å². The van der Waals surface area contributed by atoms with Crippen LogP contribution in [-0.2, 0) is 32.1 Å². The van der Waals surface area contributed by atoms with Gasteiger partial charge in [-0.2, -0.15) is 0 Å². The quantitative estimate of drug-likeness (QED) is 0.367. The molecule has 0 aliphatic heterocycles. The topological polar surface area (TPSA) is 134 Å². The van der Waals surface area contributed by atoms with Crippen molar-refractivity contribution in [1.29, 1.82) is 0 Å². The second-order valence-electron chi connectivity index (χ2n) is 8.71. The van der Waals surface area contributed by atoms with Gasteiger partial charge in [-0.1, -0.05) is 74.5 Å². The Morgan fingerprint density at radius 1 is 0.771 bits per heavy atom. The molecule has 0 saturated carbocycles. The predicted octanol–water partition coefficient (Wildman–Crippen LogP) is 2.64. The highest BCUT2D eigenvalue weighted by atomic mass is 16.5. The number of amides is 3. The number of alkyl carbamates (subject to hydrolysis) is 1. The number of carboxylic acid groups (broad SMARTS) is 1. The molecule has 0 radical (unpaired) electrons. The maximum atomic E-state index is 13.2. The van der Waals surface area contributed by atoms with Crippen molar-refractivity contribution in [3.05, 3.63) is 71.8 Å². The Kier molecular flexibility index (Phi) is 10.7. The van der Waals surface area contributed by atoms with Gasteiger partial charge in [-0.05, 0) is 30.4 Å². The molecule has 0 aliphatic rings. The first-order valence-corrected chi connectivity index (χ1v) is 11.5. The second kappa shape index (κ2) is 13.7. The monoisotopic (exact) mass is 483 g/mol. The van der Waals surface area contributed by atoms with Gasteiger partial charge in [0.2, 0.25) is 11.8 Å². The lowest BCUT2D eigenvalue weighted by molar-refractivity contribution is -0.141. The zero-order valence-corrected chi connectivity index (χ0v) is 20.2. The number of ether oxygens (including phenoxy) is 1. The van der Waals surface area contributed by atoms with Gasteiger partial charge in [0.25, 0.3) is 0 Å². The molecule has 0 fully saturated rings. The van der Waals surface area contributed by atoms with E-state index in [1.807, 2.05) is 74.5 Å². The maximum absolute atomic E-state index is 13.2. The highest BCUT2D eigenvalue weighted by molar-refractivity contribution is 5.92. The van der Waals surface area contributed by atoms with Gasteiger partial charge in [-0.25, -0.2) is 4.79 Å². The first-order valence-electron chi connectivity index (χ1n) is 11.5. The molecule has 35 heavy (non-hydrogen) atoms. The summed E-state index contributed by atoms with van der Waals surface area (Å²) in [6.07, 6.45) is -0.302. The molecule has 0 spiro atoms. The van der Waals surface area contributed by atoms with Crippen LogP contribution in [0, 0.1) is 5.92 Å². The van der Waals surface area contributed by atoms with Crippen molar-refractivity contribution in [3.63, 3.8) is 0 Å². The summed E-state index contributed by atoms with van der Waals surface area (Å²) in [7, 11) is 0. The zero-order valence-electron chi connectivity index (χ0n) is 20.2. The maximum Gasteiger partial charge on any atom is 0.408 e. The number of hydrogen-bond donors (Lipinski definition) is 4. The predicted molar refractivity (Wildman–Crippen MR) is 130 cm³/mol. The molecule has 3 amide bonds. The van der Waals surface area contributed by atoms with Crippen LogP contribution in [0.25, 0.3) is 0 Å². The van der Waals surface area contributed by atoms with Crippen molar-refractivity contribution in [2.75, 3.05) is 0 Å². The molecule has 0 bridgehead atoms. The standard InChI is InChI=1S/C26H33N3O6/c1-17(2)14-21(23(30)27-18(3)25(32)33)28-24(31)22(15-19-10-6-4-7-11-19)29-26(34)35-16-20-12-8-5-9-13-20/h4-13,17-18,21-22H,14-16H2,1-3H3,(H,27,30)(H,28,31)(H,29,34)(H,32,33)/t18-,21-,22+/m0/s1. The van der Waals surface area contributed by atoms with Gasteiger partial charge >= 0.3 is 12.1 Å². The molecule has 9 heteroatoms. The van der Waals surface area contributed by atoms with Crippen molar-refractivity contribution >= 4 is 23.9 Å². The van der Waals surface area contributed by atoms with Crippen molar-refractivity contribution in [1.82, 2.24) is 16.0 Å². The Bertz CT molecular complexity index is 981. The van der Waals surface area contributed by atoms with Gasteiger partial charge in [-0.3, -0.25) is 14.4 Å². The van der Waals surface area contributed by atoms with Crippen LogP contribution in [0.1, 0.15) is 38.3 Å². The lowest BCUT2D eigenvalue weighted by Crippen LogP contribution is -2.56. The fraction of sp³-hybridized carbons (Fsp3) is 0.385. The van der Waals surface area contributed by atoms with Gasteiger partial charge in [0.05, 0.1) is 0 Å². The largest absolute Gasteiger partial charge is 0.480 e. The van der Waals surface area contributed by atoms with Crippen molar-refractivity contribution in [2.24, 2.45) is 5.92 Å². The van der Waals surface area contributed by atoms with E-state index in [9.17, 15) is 19.2 Å². The highest BCUT2D eigenvalue weighted by Gasteiger charge is 2.29. The average Bonchev–Trinajstić information content (AvgIpc) is 2.82. The summed E-state index contributed by atoms with van der Waals surface area (Å²) in [5, 5.41) is 16.8. The van der Waals surface area contributed by atoms with Crippen LogP contribution in [0.5, 0.6) is 0 Å². The average molecular weight is 484 g/mol. The fourth-order valence-corrected chi connectivity index (χ4v) is 3.32. The van der Waals surface area contributed by atoms with E-state index in [1.165, 1.54) is 6.92 Å². The van der Waals surface area contributed by atoms with Crippen LogP contribution in [0.15, 0.2) is 60.7 Å². The molecule has 0 heterocycles. The highest BCUT2D eigenvalue weighted by Crippen LogP contribution is 2.09. The van der Waals surface area contributed by atoms with Gasteiger partial charge < -0.3 is 25.8 Å². The third-order valence-electron chi connectivity index (χ3n) is 5.17. The minimum absolute atomic E-state index is 0.0395. The van der Waals surface area contributed by atoms with Crippen LogP contribution in [-0.4, -0.2) is 47.1 Å². The molecule has 2 aromatic rings. The molecule has 0 saturated heterocycles. The number of benzene rings is 2. The van der Waals surface area contributed by atoms with Gasteiger partial charge in [0.1, 0.15) is 24.7 Å². The molecule has 4 N–H and O–H groups in total. The van der Waals surface area contributed by atoms with Gasteiger partial charge in [0, 0.05) is 6.42 Å². The van der Waals surface area contributed by atoms with Crippen LogP contribution in [0.4, 0.5) is 4.79 Å². The summed E-state index contributed by atoms with van der Waals surface area (Å²) in [6, 6.07) is 15.2. The first-order chi connectivity index (χ1) is 16.7. The molecule has 0 aromatic heterocycles. The molecule has 0 unspecified atom stereocenters. The first kappa shape index (κ1) is 27.4. The van der Waals surface area contributed by atoms with E-state index in [4.69, 9.17) is 9.84 Å². The smallest absolute Gasteiger partial charge is 0.408 e. The summed E-state index contributed by atoms with van der Waals surface area (Å²) >= 11 is 0. The number of nitrogens with one attached hydrogen (secondary N) is 3. The van der Waals surface area contributed by atoms with Crippen molar-refractivity contribution in [2.45, 2.75) is 58.3 Å². The van der Waals surface area contributed by atoms with E-state index >= 15 is 0 Å². The molecular formula is C26H33N3O6. The number of carbonyl (C=O) groups is 4. The molecule has 3 atom stereocenters. The third kappa shape index (κ3) is 9.87. The van der Waals surface area contributed by atoms with Crippen molar-refractivity contribution < 1.29 is 29.0 Å². The molecule has 2 aromatic carbocycles. The summed E-state index contributed by atoms with van der Waals surface area (Å²) in [5.41, 5.74) is 1.60. The lowest BCUT2D eigenvalue weighted by Gasteiger charge is -2.25. The fourth-order valence-electron chi connectivity index (χ4n) is 3.32. The van der Waals surface area contributed by atoms with Crippen LogP contribution in [0.3, 0.4) is 0 Å². The van der Waals surface area contributed by atoms with Crippen LogP contribution in [0.2, 0.25) is 0 Å². The molecule has 188 valence electrons. The minimum Gasteiger partial charge on any atom is -0.480 e. The summed E-state index contributed by atoms with van der Waals surface area (Å²) in [6.45, 7) is 5.15. The number of hydrogen-bond acceptors (Lipinski definition) is 5. The minimum atomic E-state index is -1.18. The van der Waals surface area contributed by atoms with Crippen LogP contribution < -0.4 is 16.0 Å². The number of rotatable bonds is 12. The second-order valence-corrected chi connectivity index (χ2v) is 8.71.